The van der Waals surface area contributed by atoms with E-state index in [-0.39, 0.29) is 24.5 Å². The minimum atomic E-state index is -0.202. The molecule has 0 bridgehead atoms. The van der Waals surface area contributed by atoms with Crippen LogP contribution in [0.25, 0.3) is 0 Å². The second kappa shape index (κ2) is 7.42. The average Bonchev–Trinajstić information content (AvgIpc) is 3.07. The zero-order valence-electron chi connectivity index (χ0n) is 12.0. The Morgan fingerprint density at radius 1 is 1.29 bits per heavy atom. The first-order chi connectivity index (χ1) is 10.0. The summed E-state index contributed by atoms with van der Waals surface area (Å²) in [5.41, 5.74) is 0. The molecule has 0 fully saturated rings. The summed E-state index contributed by atoms with van der Waals surface area (Å²) in [6.07, 6.45) is 1.23. The van der Waals surface area contributed by atoms with Crippen LogP contribution >= 0.6 is 22.7 Å². The number of Topliss-reactive ketones (excluding diaryl/α,β-unsaturated/α-hetero) is 1. The number of thiophene rings is 1. The molecule has 0 atom stereocenters. The maximum atomic E-state index is 11.8. The third kappa shape index (κ3) is 5.02. The number of rotatable bonds is 7. The van der Waals surface area contributed by atoms with Crippen LogP contribution in [0, 0.1) is 5.92 Å². The van der Waals surface area contributed by atoms with Gasteiger partial charge in [-0.05, 0) is 17.4 Å². The molecule has 0 saturated carbocycles. The predicted molar refractivity (Wildman–Crippen MR) is 85.0 cm³/mol. The summed E-state index contributed by atoms with van der Waals surface area (Å²) in [4.78, 5) is 24.3. The van der Waals surface area contributed by atoms with Gasteiger partial charge in [0.2, 0.25) is 11.0 Å². The Morgan fingerprint density at radius 3 is 2.76 bits per heavy atom. The van der Waals surface area contributed by atoms with Crippen LogP contribution in [0.1, 0.15) is 41.4 Å². The van der Waals surface area contributed by atoms with Crippen molar-refractivity contribution in [3.8, 4) is 0 Å². The second-order valence-corrected chi connectivity index (χ2v) is 7.06. The maximum absolute atomic E-state index is 11.8. The van der Waals surface area contributed by atoms with Crippen LogP contribution < -0.4 is 5.32 Å². The van der Waals surface area contributed by atoms with Crippen LogP contribution in [0.5, 0.6) is 0 Å². The molecule has 2 aromatic heterocycles. The van der Waals surface area contributed by atoms with Gasteiger partial charge in [-0.3, -0.25) is 9.59 Å². The van der Waals surface area contributed by atoms with Gasteiger partial charge in [0.25, 0.3) is 0 Å². The summed E-state index contributed by atoms with van der Waals surface area (Å²) >= 11 is 2.78. The fourth-order valence-electron chi connectivity index (χ4n) is 1.71. The molecule has 1 N–H and O–H groups in total. The Morgan fingerprint density at radius 2 is 2.10 bits per heavy atom. The third-order valence-corrected chi connectivity index (χ3v) is 4.44. The lowest BCUT2D eigenvalue weighted by atomic mass is 10.1. The molecule has 7 heteroatoms. The highest BCUT2D eigenvalue weighted by atomic mass is 32.1. The molecule has 21 heavy (non-hydrogen) atoms. The molecule has 112 valence electrons. The summed E-state index contributed by atoms with van der Waals surface area (Å²) in [7, 11) is 0. The molecule has 0 aromatic carbocycles. The number of carbonyl (C=O) groups is 2. The number of amides is 1. The molecule has 0 radical (unpaired) electrons. The van der Waals surface area contributed by atoms with Crippen molar-refractivity contribution in [2.24, 2.45) is 5.92 Å². The number of anilines is 1. The number of hydrogen-bond acceptors (Lipinski definition) is 6. The normalized spacial score (nSPS) is 10.8. The Kier molecular flexibility index (Phi) is 5.58. The zero-order chi connectivity index (χ0) is 15.2. The highest BCUT2D eigenvalue weighted by molar-refractivity contribution is 7.15. The molecule has 0 aliphatic carbocycles. The van der Waals surface area contributed by atoms with Crippen LogP contribution in [0.3, 0.4) is 0 Å². The first kappa shape index (κ1) is 15.8. The van der Waals surface area contributed by atoms with Crippen molar-refractivity contribution in [2.45, 2.75) is 33.1 Å². The van der Waals surface area contributed by atoms with Gasteiger partial charge in [0.05, 0.1) is 4.88 Å². The van der Waals surface area contributed by atoms with Gasteiger partial charge < -0.3 is 5.32 Å². The smallest absolute Gasteiger partial charge is 0.226 e. The SMILES string of the molecule is CC(C)Cc1nnc(NC(=O)CCC(=O)c2cccs2)s1. The van der Waals surface area contributed by atoms with Gasteiger partial charge in [0, 0.05) is 19.3 Å². The molecular formula is C14H17N3O2S2. The number of ketones is 1. The van der Waals surface area contributed by atoms with Gasteiger partial charge in [0.15, 0.2) is 5.78 Å². The highest BCUT2D eigenvalue weighted by Gasteiger charge is 2.12. The van der Waals surface area contributed by atoms with Gasteiger partial charge in [-0.25, -0.2) is 0 Å². The molecular weight excluding hydrogens is 306 g/mol. The Balaban J connectivity index is 1.79. The molecule has 0 aliphatic heterocycles. The standard InChI is InChI=1S/C14H17N3O2S2/c1-9(2)8-13-16-17-14(21-13)15-12(19)6-5-10(18)11-4-3-7-20-11/h3-4,7,9H,5-6,8H2,1-2H3,(H,15,17,19). The Labute approximate surface area is 131 Å². The summed E-state index contributed by atoms with van der Waals surface area (Å²) in [5, 5.41) is 13.9. The van der Waals surface area contributed by atoms with E-state index in [2.05, 4.69) is 29.4 Å². The van der Waals surface area contributed by atoms with Gasteiger partial charge in [-0.1, -0.05) is 31.3 Å². The van der Waals surface area contributed by atoms with Crippen molar-refractivity contribution < 1.29 is 9.59 Å². The van der Waals surface area contributed by atoms with Gasteiger partial charge in [-0.2, -0.15) is 0 Å². The van der Waals surface area contributed by atoms with Gasteiger partial charge in [0.1, 0.15) is 5.01 Å². The van der Waals surface area contributed by atoms with E-state index in [0.29, 0.717) is 15.9 Å². The van der Waals surface area contributed by atoms with E-state index < -0.39 is 0 Å². The second-order valence-electron chi connectivity index (χ2n) is 5.05. The van der Waals surface area contributed by atoms with Crippen molar-refractivity contribution in [1.82, 2.24) is 10.2 Å². The lowest BCUT2D eigenvalue weighted by Gasteiger charge is -2.00. The molecule has 0 aliphatic rings. The molecule has 1 amide bonds. The molecule has 2 heterocycles. The van der Waals surface area contributed by atoms with E-state index in [1.54, 1.807) is 6.07 Å². The van der Waals surface area contributed by atoms with Crippen molar-refractivity contribution in [3.63, 3.8) is 0 Å². The monoisotopic (exact) mass is 323 g/mol. The van der Waals surface area contributed by atoms with Gasteiger partial charge >= 0.3 is 0 Å². The lowest BCUT2D eigenvalue weighted by Crippen LogP contribution is -2.13. The van der Waals surface area contributed by atoms with Crippen LogP contribution in [-0.4, -0.2) is 21.9 Å². The number of carbonyl (C=O) groups excluding carboxylic acids is 2. The quantitative estimate of drug-likeness (QED) is 0.793. The van der Waals surface area contributed by atoms with E-state index >= 15 is 0 Å². The average molecular weight is 323 g/mol. The molecule has 2 rings (SSSR count). The van der Waals surface area contributed by atoms with Crippen LogP contribution in [0.2, 0.25) is 0 Å². The third-order valence-electron chi connectivity index (χ3n) is 2.67. The topological polar surface area (TPSA) is 72.0 Å². The summed E-state index contributed by atoms with van der Waals surface area (Å²) in [6.45, 7) is 4.21. The van der Waals surface area contributed by atoms with Crippen LogP contribution in [0.4, 0.5) is 5.13 Å². The summed E-state index contributed by atoms with van der Waals surface area (Å²) in [5.74, 6) is 0.301. The molecule has 0 saturated heterocycles. The Hall–Kier alpha value is -1.60. The van der Waals surface area contributed by atoms with E-state index in [1.165, 1.54) is 22.7 Å². The van der Waals surface area contributed by atoms with Crippen LogP contribution in [-0.2, 0) is 11.2 Å². The molecule has 0 unspecified atom stereocenters. The summed E-state index contributed by atoms with van der Waals surface area (Å²) in [6, 6.07) is 3.60. The van der Waals surface area contributed by atoms with Crippen molar-refractivity contribution in [2.75, 3.05) is 5.32 Å². The predicted octanol–water partition coefficient (Wildman–Crippen LogP) is 3.40. The fourth-order valence-corrected chi connectivity index (χ4v) is 3.37. The minimum absolute atomic E-state index is 0.00193. The van der Waals surface area contributed by atoms with E-state index in [0.717, 1.165) is 11.4 Å². The molecule has 0 spiro atoms. The Bertz CT molecular complexity index is 606. The van der Waals surface area contributed by atoms with Crippen molar-refractivity contribution in [1.29, 1.82) is 0 Å². The van der Waals surface area contributed by atoms with Crippen LogP contribution in [0.15, 0.2) is 17.5 Å². The highest BCUT2D eigenvalue weighted by Crippen LogP contribution is 2.19. The number of hydrogen-bond donors (Lipinski definition) is 1. The first-order valence-corrected chi connectivity index (χ1v) is 8.43. The van der Waals surface area contributed by atoms with E-state index in [1.807, 2.05) is 11.4 Å². The number of nitrogens with one attached hydrogen (secondary N) is 1. The molecule has 5 nitrogen and oxygen atoms in total. The lowest BCUT2D eigenvalue weighted by molar-refractivity contribution is -0.116. The van der Waals surface area contributed by atoms with Crippen molar-refractivity contribution >= 4 is 39.5 Å². The fraction of sp³-hybridized carbons (Fsp3) is 0.429. The zero-order valence-corrected chi connectivity index (χ0v) is 13.6. The van der Waals surface area contributed by atoms with Crippen molar-refractivity contribution in [3.05, 3.63) is 27.4 Å². The number of nitrogens with zero attached hydrogens (tertiary/aromatic N) is 2. The van der Waals surface area contributed by atoms with E-state index in [4.69, 9.17) is 0 Å². The van der Waals surface area contributed by atoms with Gasteiger partial charge in [-0.15, -0.1) is 21.5 Å². The molecule has 2 aromatic rings. The van der Waals surface area contributed by atoms with E-state index in [9.17, 15) is 9.59 Å². The minimum Gasteiger partial charge on any atom is -0.301 e. The largest absolute Gasteiger partial charge is 0.301 e. The number of aromatic nitrogens is 2. The first-order valence-electron chi connectivity index (χ1n) is 6.73. The maximum Gasteiger partial charge on any atom is 0.226 e. The summed E-state index contributed by atoms with van der Waals surface area (Å²) < 4.78 is 0.